The zero-order chi connectivity index (χ0) is 10.6. The first-order chi connectivity index (χ1) is 6.65. The van der Waals surface area contributed by atoms with Gasteiger partial charge in [-0.05, 0) is 28.4 Å². The lowest BCUT2D eigenvalue weighted by Crippen LogP contribution is -2.03. The average molecular weight is 264 g/mol. The van der Waals surface area contributed by atoms with Gasteiger partial charge >= 0.3 is 0 Å². The van der Waals surface area contributed by atoms with Crippen LogP contribution >= 0.6 is 15.9 Å². The highest BCUT2D eigenvalue weighted by Gasteiger charge is 2.06. The van der Waals surface area contributed by atoms with Gasteiger partial charge < -0.3 is 5.32 Å². The largest absolute Gasteiger partial charge is 0.383 e. The molecule has 0 atom stereocenters. The van der Waals surface area contributed by atoms with Crippen LogP contribution in [0.15, 0.2) is 16.6 Å². The van der Waals surface area contributed by atoms with Crippen molar-refractivity contribution in [3.8, 4) is 0 Å². The molecule has 0 radical (unpaired) electrons. The fraction of sp³-hybridized carbons (Fsp3) is 0.400. The van der Waals surface area contributed by atoms with Crippen molar-refractivity contribution in [2.45, 2.75) is 19.8 Å². The van der Waals surface area contributed by atoms with Gasteiger partial charge in [-0.1, -0.05) is 13.3 Å². The van der Waals surface area contributed by atoms with Crippen LogP contribution in [-0.2, 0) is 0 Å². The summed E-state index contributed by atoms with van der Waals surface area (Å²) >= 11 is 2.92. The highest BCUT2D eigenvalue weighted by Crippen LogP contribution is 2.23. The Labute approximate surface area is 90.6 Å². The van der Waals surface area contributed by atoms with Crippen molar-refractivity contribution in [3.63, 3.8) is 0 Å². The highest BCUT2D eigenvalue weighted by molar-refractivity contribution is 9.10. The zero-order valence-electron chi connectivity index (χ0n) is 7.91. The van der Waals surface area contributed by atoms with Gasteiger partial charge in [0, 0.05) is 12.6 Å². The number of hydrogen-bond donors (Lipinski definition) is 1. The molecule has 0 aliphatic rings. The van der Waals surface area contributed by atoms with Gasteiger partial charge in [0.1, 0.15) is 11.6 Å². The summed E-state index contributed by atoms with van der Waals surface area (Å²) in [5.41, 5.74) is 0.221. The molecule has 1 N–H and O–H groups in total. The van der Waals surface area contributed by atoms with E-state index in [4.69, 9.17) is 0 Å². The number of hydrogen-bond acceptors (Lipinski definition) is 1. The lowest BCUT2D eigenvalue weighted by atomic mass is 10.2. The third-order valence-corrected chi connectivity index (χ3v) is 2.46. The predicted octanol–water partition coefficient (Wildman–Crippen LogP) is 3.94. The van der Waals surface area contributed by atoms with Gasteiger partial charge in [-0.25, -0.2) is 8.78 Å². The van der Waals surface area contributed by atoms with E-state index in [1.54, 1.807) is 0 Å². The standard InChI is InChI=1S/C10H12BrF2N/c1-2-3-4-14-10-6-8(12)7(11)5-9(10)13/h5-6,14H,2-4H2,1H3. The Hall–Kier alpha value is -0.640. The molecule has 0 heterocycles. The van der Waals surface area contributed by atoms with E-state index in [1.807, 2.05) is 6.92 Å². The molecular weight excluding hydrogens is 252 g/mol. The van der Waals surface area contributed by atoms with Crippen LogP contribution < -0.4 is 5.32 Å². The van der Waals surface area contributed by atoms with Crippen molar-refractivity contribution in [2.24, 2.45) is 0 Å². The second-order valence-electron chi connectivity index (χ2n) is 3.03. The third kappa shape index (κ3) is 2.94. The molecule has 0 aliphatic carbocycles. The fourth-order valence-electron chi connectivity index (χ4n) is 1.06. The van der Waals surface area contributed by atoms with Gasteiger partial charge in [-0.15, -0.1) is 0 Å². The van der Waals surface area contributed by atoms with Crippen molar-refractivity contribution < 1.29 is 8.78 Å². The van der Waals surface area contributed by atoms with Gasteiger partial charge in [-0.3, -0.25) is 0 Å². The van der Waals surface area contributed by atoms with E-state index in [9.17, 15) is 8.78 Å². The van der Waals surface area contributed by atoms with Crippen LogP contribution in [0.2, 0.25) is 0 Å². The van der Waals surface area contributed by atoms with E-state index in [2.05, 4.69) is 21.2 Å². The normalized spacial score (nSPS) is 10.3. The number of benzene rings is 1. The van der Waals surface area contributed by atoms with Crippen molar-refractivity contribution >= 4 is 21.6 Å². The van der Waals surface area contributed by atoms with Crippen LogP contribution in [0.1, 0.15) is 19.8 Å². The van der Waals surface area contributed by atoms with E-state index < -0.39 is 11.6 Å². The Morgan fingerprint density at radius 3 is 2.64 bits per heavy atom. The number of unbranched alkanes of at least 4 members (excludes halogenated alkanes) is 1. The molecule has 0 unspecified atom stereocenters. The van der Waals surface area contributed by atoms with E-state index in [1.165, 1.54) is 0 Å². The van der Waals surface area contributed by atoms with Gasteiger partial charge in [-0.2, -0.15) is 0 Å². The van der Waals surface area contributed by atoms with Crippen LogP contribution in [0.4, 0.5) is 14.5 Å². The fourth-order valence-corrected chi connectivity index (χ4v) is 1.37. The van der Waals surface area contributed by atoms with Gasteiger partial charge in [0.15, 0.2) is 0 Å². The number of rotatable bonds is 4. The van der Waals surface area contributed by atoms with Gasteiger partial charge in [0.2, 0.25) is 0 Å². The Morgan fingerprint density at radius 1 is 1.29 bits per heavy atom. The van der Waals surface area contributed by atoms with E-state index in [0.29, 0.717) is 6.54 Å². The molecule has 1 rings (SSSR count). The molecule has 4 heteroatoms. The Morgan fingerprint density at radius 2 is 2.00 bits per heavy atom. The first kappa shape index (κ1) is 11.4. The summed E-state index contributed by atoms with van der Waals surface area (Å²) in [6.45, 7) is 2.70. The van der Waals surface area contributed by atoms with E-state index >= 15 is 0 Å². The summed E-state index contributed by atoms with van der Waals surface area (Å²) in [5.74, 6) is -0.889. The Kier molecular flexibility index (Phi) is 4.32. The summed E-state index contributed by atoms with van der Waals surface area (Å²) in [7, 11) is 0. The minimum atomic E-state index is -0.453. The molecule has 0 aromatic heterocycles. The monoisotopic (exact) mass is 263 g/mol. The summed E-state index contributed by atoms with van der Waals surface area (Å²) in [4.78, 5) is 0. The van der Waals surface area contributed by atoms with Crippen LogP contribution in [-0.4, -0.2) is 6.54 Å². The molecule has 1 nitrogen and oxygen atoms in total. The lowest BCUT2D eigenvalue weighted by Gasteiger charge is -2.07. The molecule has 14 heavy (non-hydrogen) atoms. The molecule has 0 saturated carbocycles. The quantitative estimate of drug-likeness (QED) is 0.641. The minimum Gasteiger partial charge on any atom is -0.383 e. The van der Waals surface area contributed by atoms with Crippen molar-refractivity contribution in [2.75, 3.05) is 11.9 Å². The third-order valence-electron chi connectivity index (χ3n) is 1.86. The molecule has 0 bridgehead atoms. The number of halogens is 3. The second-order valence-corrected chi connectivity index (χ2v) is 3.88. The van der Waals surface area contributed by atoms with Crippen molar-refractivity contribution in [3.05, 3.63) is 28.2 Å². The molecule has 0 spiro atoms. The smallest absolute Gasteiger partial charge is 0.147 e. The molecule has 0 saturated heterocycles. The van der Waals surface area contributed by atoms with Crippen molar-refractivity contribution in [1.29, 1.82) is 0 Å². The summed E-state index contributed by atoms with van der Waals surface area (Å²) in [5, 5.41) is 2.85. The average Bonchev–Trinajstić information content (AvgIpc) is 2.14. The first-order valence-corrected chi connectivity index (χ1v) is 5.33. The van der Waals surface area contributed by atoms with E-state index in [-0.39, 0.29) is 10.2 Å². The van der Waals surface area contributed by atoms with Crippen LogP contribution in [0.3, 0.4) is 0 Å². The predicted molar refractivity (Wildman–Crippen MR) is 57.5 cm³/mol. The number of anilines is 1. The number of nitrogens with one attached hydrogen (secondary N) is 1. The lowest BCUT2D eigenvalue weighted by molar-refractivity contribution is 0.596. The SMILES string of the molecule is CCCCNc1cc(F)c(Br)cc1F. The molecular formula is C10H12BrF2N. The van der Waals surface area contributed by atoms with Gasteiger partial charge in [0.05, 0.1) is 10.2 Å². The minimum absolute atomic E-state index is 0.149. The molecule has 0 amide bonds. The Bertz CT molecular complexity index is 315. The maximum absolute atomic E-state index is 13.2. The van der Waals surface area contributed by atoms with E-state index in [0.717, 1.165) is 25.0 Å². The molecule has 1 aromatic rings. The van der Waals surface area contributed by atoms with Gasteiger partial charge in [0.25, 0.3) is 0 Å². The molecule has 0 fully saturated rings. The van der Waals surface area contributed by atoms with Crippen LogP contribution in [0, 0.1) is 11.6 Å². The molecule has 78 valence electrons. The van der Waals surface area contributed by atoms with Crippen LogP contribution in [0.25, 0.3) is 0 Å². The second kappa shape index (κ2) is 5.29. The maximum Gasteiger partial charge on any atom is 0.147 e. The van der Waals surface area contributed by atoms with Crippen molar-refractivity contribution in [1.82, 2.24) is 0 Å². The summed E-state index contributed by atoms with van der Waals surface area (Å²) in [6.07, 6.45) is 1.96. The van der Waals surface area contributed by atoms with Crippen LogP contribution in [0.5, 0.6) is 0 Å². The highest BCUT2D eigenvalue weighted by atomic mass is 79.9. The summed E-state index contributed by atoms with van der Waals surface area (Å²) < 4.78 is 26.4. The molecule has 1 aromatic carbocycles. The zero-order valence-corrected chi connectivity index (χ0v) is 9.50. The molecule has 0 aliphatic heterocycles. The maximum atomic E-state index is 13.2. The first-order valence-electron chi connectivity index (χ1n) is 4.53. The Balaban J connectivity index is 2.72. The summed E-state index contributed by atoms with van der Waals surface area (Å²) in [6, 6.07) is 2.29. The topological polar surface area (TPSA) is 12.0 Å².